The molecule has 4 heteroatoms. The van der Waals surface area contributed by atoms with Gasteiger partial charge in [0, 0.05) is 11.4 Å². The lowest BCUT2D eigenvalue weighted by Gasteiger charge is -2.10. The van der Waals surface area contributed by atoms with Crippen molar-refractivity contribution in [1.82, 2.24) is 5.32 Å². The smallest absolute Gasteiger partial charge is 0.225 e. The van der Waals surface area contributed by atoms with Crippen LogP contribution < -0.4 is 10.1 Å². The van der Waals surface area contributed by atoms with E-state index in [0.29, 0.717) is 19.6 Å². The highest BCUT2D eigenvalue weighted by molar-refractivity contribution is 7.10. The zero-order valence-electron chi connectivity index (χ0n) is 12.3. The highest BCUT2D eigenvalue weighted by Crippen LogP contribution is 2.19. The Balaban J connectivity index is 1.71. The van der Waals surface area contributed by atoms with Crippen LogP contribution in [0.25, 0.3) is 0 Å². The van der Waals surface area contributed by atoms with E-state index in [-0.39, 0.29) is 5.91 Å². The summed E-state index contributed by atoms with van der Waals surface area (Å²) >= 11 is 1.62. The van der Waals surface area contributed by atoms with Gasteiger partial charge in [-0.1, -0.05) is 24.3 Å². The quantitative estimate of drug-likeness (QED) is 0.759. The standard InChI is InChI=1S/C17H21NO2S/c1-2-20-16-10-4-3-7-14(16)8-5-11-18-17(19)13-15-9-6-12-21-15/h3-4,6-7,9-10,12H,2,5,8,11,13H2,1H3,(H,18,19). The first-order valence-corrected chi connectivity index (χ1v) is 8.17. The predicted molar refractivity (Wildman–Crippen MR) is 87.0 cm³/mol. The molecule has 1 heterocycles. The maximum atomic E-state index is 11.8. The van der Waals surface area contributed by atoms with E-state index in [1.807, 2.05) is 42.6 Å². The second-order valence-electron chi connectivity index (χ2n) is 4.75. The van der Waals surface area contributed by atoms with Crippen LogP contribution in [-0.4, -0.2) is 19.1 Å². The average Bonchev–Trinajstić information content (AvgIpc) is 2.98. The molecule has 1 aromatic carbocycles. The van der Waals surface area contributed by atoms with Crippen LogP contribution in [0.4, 0.5) is 0 Å². The molecule has 1 aromatic heterocycles. The summed E-state index contributed by atoms with van der Waals surface area (Å²) in [6.07, 6.45) is 2.31. The molecule has 0 aliphatic heterocycles. The predicted octanol–water partition coefficient (Wildman–Crippen LogP) is 3.44. The lowest BCUT2D eigenvalue weighted by molar-refractivity contribution is -0.120. The van der Waals surface area contributed by atoms with Crippen molar-refractivity contribution in [3.05, 3.63) is 52.2 Å². The number of para-hydroxylation sites is 1. The van der Waals surface area contributed by atoms with Crippen molar-refractivity contribution in [3.63, 3.8) is 0 Å². The van der Waals surface area contributed by atoms with E-state index in [0.717, 1.165) is 23.5 Å². The lowest BCUT2D eigenvalue weighted by Crippen LogP contribution is -2.26. The molecule has 2 rings (SSSR count). The van der Waals surface area contributed by atoms with Gasteiger partial charge in [0.15, 0.2) is 0 Å². The molecule has 0 radical (unpaired) electrons. The van der Waals surface area contributed by atoms with Crippen molar-refractivity contribution < 1.29 is 9.53 Å². The number of aryl methyl sites for hydroxylation is 1. The molecule has 0 aliphatic rings. The number of hydrogen-bond acceptors (Lipinski definition) is 3. The Hall–Kier alpha value is -1.81. The van der Waals surface area contributed by atoms with Gasteiger partial charge < -0.3 is 10.1 Å². The van der Waals surface area contributed by atoms with E-state index in [1.165, 1.54) is 5.56 Å². The largest absolute Gasteiger partial charge is 0.494 e. The number of ether oxygens (including phenoxy) is 1. The molecular formula is C17H21NO2S. The van der Waals surface area contributed by atoms with Crippen molar-refractivity contribution in [3.8, 4) is 5.75 Å². The Bertz CT molecular complexity index is 552. The van der Waals surface area contributed by atoms with Crippen LogP contribution in [0, 0.1) is 0 Å². The third-order valence-corrected chi connectivity index (χ3v) is 4.01. The molecule has 0 spiro atoms. The fourth-order valence-electron chi connectivity index (χ4n) is 2.15. The SMILES string of the molecule is CCOc1ccccc1CCCNC(=O)Cc1cccs1. The number of rotatable bonds is 8. The van der Waals surface area contributed by atoms with Crippen molar-refractivity contribution in [2.75, 3.05) is 13.2 Å². The summed E-state index contributed by atoms with van der Waals surface area (Å²) in [5, 5.41) is 4.96. The Morgan fingerprint density at radius 1 is 1.24 bits per heavy atom. The topological polar surface area (TPSA) is 38.3 Å². The molecule has 1 N–H and O–H groups in total. The van der Waals surface area contributed by atoms with Gasteiger partial charge in [-0.15, -0.1) is 11.3 Å². The molecular weight excluding hydrogens is 282 g/mol. The zero-order valence-corrected chi connectivity index (χ0v) is 13.1. The van der Waals surface area contributed by atoms with Crippen molar-refractivity contribution in [2.24, 2.45) is 0 Å². The van der Waals surface area contributed by atoms with Gasteiger partial charge in [-0.2, -0.15) is 0 Å². The Labute approximate surface area is 130 Å². The first kappa shape index (κ1) is 15.6. The van der Waals surface area contributed by atoms with E-state index < -0.39 is 0 Å². The Kier molecular flexibility index (Phi) is 6.28. The van der Waals surface area contributed by atoms with Crippen LogP contribution in [-0.2, 0) is 17.6 Å². The minimum absolute atomic E-state index is 0.0931. The van der Waals surface area contributed by atoms with Gasteiger partial charge in [-0.25, -0.2) is 0 Å². The van der Waals surface area contributed by atoms with Gasteiger partial charge in [0.05, 0.1) is 13.0 Å². The van der Waals surface area contributed by atoms with Crippen LogP contribution in [0.2, 0.25) is 0 Å². The van der Waals surface area contributed by atoms with E-state index in [1.54, 1.807) is 11.3 Å². The van der Waals surface area contributed by atoms with Crippen LogP contribution in [0.5, 0.6) is 5.75 Å². The van der Waals surface area contributed by atoms with Gasteiger partial charge in [0.2, 0.25) is 5.91 Å². The molecule has 3 nitrogen and oxygen atoms in total. The lowest BCUT2D eigenvalue weighted by atomic mass is 10.1. The van der Waals surface area contributed by atoms with Crippen LogP contribution in [0.15, 0.2) is 41.8 Å². The summed E-state index contributed by atoms with van der Waals surface area (Å²) in [4.78, 5) is 12.9. The number of carbonyl (C=O) groups excluding carboxylic acids is 1. The minimum Gasteiger partial charge on any atom is -0.494 e. The van der Waals surface area contributed by atoms with Crippen LogP contribution >= 0.6 is 11.3 Å². The number of carbonyl (C=O) groups is 1. The van der Waals surface area contributed by atoms with Crippen LogP contribution in [0.1, 0.15) is 23.8 Å². The summed E-state index contributed by atoms with van der Waals surface area (Å²) in [6.45, 7) is 3.36. The van der Waals surface area contributed by atoms with Gasteiger partial charge in [0.1, 0.15) is 5.75 Å². The first-order chi connectivity index (χ1) is 10.3. The molecule has 2 aromatic rings. The normalized spacial score (nSPS) is 10.3. The number of benzene rings is 1. The molecule has 0 aliphatic carbocycles. The summed E-state index contributed by atoms with van der Waals surface area (Å²) < 4.78 is 5.60. The molecule has 0 atom stereocenters. The number of nitrogens with one attached hydrogen (secondary N) is 1. The van der Waals surface area contributed by atoms with E-state index in [4.69, 9.17) is 4.74 Å². The second-order valence-corrected chi connectivity index (χ2v) is 5.78. The third-order valence-electron chi connectivity index (χ3n) is 3.13. The van der Waals surface area contributed by atoms with Crippen molar-refractivity contribution in [2.45, 2.75) is 26.2 Å². The highest BCUT2D eigenvalue weighted by Gasteiger charge is 2.05. The van der Waals surface area contributed by atoms with Gasteiger partial charge in [0.25, 0.3) is 0 Å². The zero-order chi connectivity index (χ0) is 14.9. The molecule has 0 saturated carbocycles. The molecule has 21 heavy (non-hydrogen) atoms. The van der Waals surface area contributed by atoms with E-state index in [2.05, 4.69) is 11.4 Å². The number of hydrogen-bond donors (Lipinski definition) is 1. The van der Waals surface area contributed by atoms with E-state index >= 15 is 0 Å². The maximum Gasteiger partial charge on any atom is 0.225 e. The van der Waals surface area contributed by atoms with E-state index in [9.17, 15) is 4.79 Å². The first-order valence-electron chi connectivity index (χ1n) is 7.29. The third kappa shape index (κ3) is 5.23. The maximum absolute atomic E-state index is 11.8. The highest BCUT2D eigenvalue weighted by atomic mass is 32.1. The summed E-state index contributed by atoms with van der Waals surface area (Å²) in [7, 11) is 0. The van der Waals surface area contributed by atoms with Gasteiger partial charge in [-0.05, 0) is 42.8 Å². The Morgan fingerprint density at radius 2 is 2.10 bits per heavy atom. The fraction of sp³-hybridized carbons (Fsp3) is 0.353. The van der Waals surface area contributed by atoms with Crippen LogP contribution in [0.3, 0.4) is 0 Å². The minimum atomic E-state index is 0.0931. The van der Waals surface area contributed by atoms with Crippen molar-refractivity contribution >= 4 is 17.2 Å². The second kappa shape index (κ2) is 8.47. The van der Waals surface area contributed by atoms with Crippen molar-refractivity contribution in [1.29, 1.82) is 0 Å². The summed E-state index contributed by atoms with van der Waals surface area (Å²) in [6, 6.07) is 12.0. The summed E-state index contributed by atoms with van der Waals surface area (Å²) in [5.74, 6) is 1.04. The van der Waals surface area contributed by atoms with Gasteiger partial charge in [-0.3, -0.25) is 4.79 Å². The number of amides is 1. The molecule has 0 bridgehead atoms. The molecule has 112 valence electrons. The van der Waals surface area contributed by atoms with Gasteiger partial charge >= 0.3 is 0 Å². The Morgan fingerprint density at radius 3 is 2.86 bits per heavy atom. The number of thiophene rings is 1. The molecule has 0 fully saturated rings. The monoisotopic (exact) mass is 303 g/mol. The summed E-state index contributed by atoms with van der Waals surface area (Å²) in [5.41, 5.74) is 1.20. The molecule has 0 saturated heterocycles. The molecule has 1 amide bonds. The molecule has 0 unspecified atom stereocenters. The average molecular weight is 303 g/mol. The fourth-order valence-corrected chi connectivity index (χ4v) is 2.85.